The molecule has 3 aromatic rings. The van der Waals surface area contributed by atoms with Crippen LogP contribution in [-0.2, 0) is 6.54 Å². The number of benzene rings is 1. The molecule has 5 nitrogen and oxygen atoms in total. The third kappa shape index (κ3) is 3.51. The minimum atomic E-state index is -0.0438. The second kappa shape index (κ2) is 7.07. The first-order chi connectivity index (χ1) is 12.2. The van der Waals surface area contributed by atoms with Crippen molar-refractivity contribution in [3.8, 4) is 0 Å². The summed E-state index contributed by atoms with van der Waals surface area (Å²) < 4.78 is 1.22. The molecule has 3 heterocycles. The molecule has 0 bridgehead atoms. The maximum atomic E-state index is 12.6. The number of hydrogen-bond acceptors (Lipinski definition) is 5. The Bertz CT molecular complexity index is 872. The van der Waals surface area contributed by atoms with Crippen molar-refractivity contribution in [2.45, 2.75) is 6.54 Å². The number of thiazole rings is 1. The number of carbonyl (C=O) groups is 1. The molecule has 1 fully saturated rings. The van der Waals surface area contributed by atoms with E-state index in [4.69, 9.17) is 16.6 Å². The Labute approximate surface area is 154 Å². The van der Waals surface area contributed by atoms with Gasteiger partial charge in [-0.2, -0.15) is 0 Å². The van der Waals surface area contributed by atoms with Gasteiger partial charge in [0.25, 0.3) is 5.91 Å². The SMILES string of the molecule is O=C(c1cccnc1Cl)N1CCN(Cc2nc3ccccc3s2)CC1. The second-order valence-corrected chi connectivity index (χ2v) is 7.46. The molecule has 128 valence electrons. The molecule has 0 unspecified atom stereocenters. The average molecular weight is 373 g/mol. The van der Waals surface area contributed by atoms with Crippen LogP contribution in [0.4, 0.5) is 0 Å². The quantitative estimate of drug-likeness (QED) is 0.662. The molecule has 1 saturated heterocycles. The summed E-state index contributed by atoms with van der Waals surface area (Å²) >= 11 is 7.77. The zero-order chi connectivity index (χ0) is 17.2. The predicted molar refractivity (Wildman–Crippen MR) is 100 cm³/mol. The number of halogens is 1. The normalized spacial score (nSPS) is 15.6. The van der Waals surface area contributed by atoms with Crippen molar-refractivity contribution in [1.29, 1.82) is 0 Å². The van der Waals surface area contributed by atoms with Gasteiger partial charge in [0.15, 0.2) is 0 Å². The molecule has 1 aliphatic heterocycles. The van der Waals surface area contributed by atoms with Gasteiger partial charge in [0.05, 0.1) is 22.3 Å². The van der Waals surface area contributed by atoms with E-state index >= 15 is 0 Å². The maximum Gasteiger partial charge on any atom is 0.257 e. The van der Waals surface area contributed by atoms with Gasteiger partial charge in [-0.25, -0.2) is 9.97 Å². The fourth-order valence-corrected chi connectivity index (χ4v) is 4.21. The Morgan fingerprint density at radius 3 is 2.68 bits per heavy atom. The standard InChI is InChI=1S/C18H17ClN4OS/c19-17-13(4-3-7-20-17)18(24)23-10-8-22(9-11-23)12-16-21-14-5-1-2-6-15(14)25-16/h1-7H,8-12H2. The largest absolute Gasteiger partial charge is 0.336 e. The molecule has 0 radical (unpaired) electrons. The van der Waals surface area contributed by atoms with Crippen LogP contribution in [0.25, 0.3) is 10.2 Å². The van der Waals surface area contributed by atoms with Gasteiger partial charge in [-0.3, -0.25) is 9.69 Å². The van der Waals surface area contributed by atoms with E-state index in [0.717, 1.165) is 30.2 Å². The van der Waals surface area contributed by atoms with E-state index in [1.54, 1.807) is 29.7 Å². The van der Waals surface area contributed by atoms with E-state index in [9.17, 15) is 4.79 Å². The predicted octanol–water partition coefficient (Wildman–Crippen LogP) is 3.30. The minimum Gasteiger partial charge on any atom is -0.336 e. The highest BCUT2D eigenvalue weighted by molar-refractivity contribution is 7.18. The molecule has 0 saturated carbocycles. The number of pyridine rings is 1. The highest BCUT2D eigenvalue weighted by Gasteiger charge is 2.24. The summed E-state index contributed by atoms with van der Waals surface area (Å²) in [6.07, 6.45) is 1.59. The van der Waals surface area contributed by atoms with E-state index in [0.29, 0.717) is 18.7 Å². The lowest BCUT2D eigenvalue weighted by molar-refractivity contribution is 0.0628. The lowest BCUT2D eigenvalue weighted by atomic mass is 10.2. The van der Waals surface area contributed by atoms with Crippen LogP contribution < -0.4 is 0 Å². The molecule has 4 rings (SSSR count). The number of piperazine rings is 1. The summed E-state index contributed by atoms with van der Waals surface area (Å²) in [6.45, 7) is 3.87. The van der Waals surface area contributed by atoms with Crippen LogP contribution in [0.5, 0.6) is 0 Å². The number of amides is 1. The van der Waals surface area contributed by atoms with Gasteiger partial charge in [-0.1, -0.05) is 23.7 Å². The van der Waals surface area contributed by atoms with Crippen molar-refractivity contribution in [2.75, 3.05) is 26.2 Å². The molecule has 1 amide bonds. The molecule has 0 aliphatic carbocycles. The van der Waals surface area contributed by atoms with E-state index in [-0.39, 0.29) is 11.1 Å². The highest BCUT2D eigenvalue weighted by Crippen LogP contribution is 2.23. The van der Waals surface area contributed by atoms with Crippen LogP contribution in [0, 0.1) is 0 Å². The number of nitrogens with zero attached hydrogens (tertiary/aromatic N) is 4. The fourth-order valence-electron chi connectivity index (χ4n) is 3.00. The third-order valence-electron chi connectivity index (χ3n) is 4.35. The smallest absolute Gasteiger partial charge is 0.257 e. The summed E-state index contributed by atoms with van der Waals surface area (Å²) in [5.74, 6) is -0.0438. The summed E-state index contributed by atoms with van der Waals surface area (Å²) in [5, 5.41) is 1.39. The van der Waals surface area contributed by atoms with Crippen molar-refractivity contribution in [1.82, 2.24) is 19.8 Å². The Morgan fingerprint density at radius 1 is 1.12 bits per heavy atom. The van der Waals surface area contributed by atoms with Crippen molar-refractivity contribution in [3.63, 3.8) is 0 Å². The summed E-state index contributed by atoms with van der Waals surface area (Å²) in [5.41, 5.74) is 1.53. The lowest BCUT2D eigenvalue weighted by Crippen LogP contribution is -2.48. The molecule has 1 aromatic carbocycles. The maximum absolute atomic E-state index is 12.6. The number of aromatic nitrogens is 2. The fraction of sp³-hybridized carbons (Fsp3) is 0.278. The van der Waals surface area contributed by atoms with Crippen molar-refractivity contribution in [3.05, 3.63) is 58.3 Å². The monoisotopic (exact) mass is 372 g/mol. The van der Waals surface area contributed by atoms with Gasteiger partial charge in [0.2, 0.25) is 0 Å². The van der Waals surface area contributed by atoms with Crippen molar-refractivity contribution in [2.24, 2.45) is 0 Å². The topological polar surface area (TPSA) is 49.3 Å². The molecule has 2 aromatic heterocycles. The van der Waals surface area contributed by atoms with E-state index < -0.39 is 0 Å². The number of fused-ring (bicyclic) bond motifs is 1. The summed E-state index contributed by atoms with van der Waals surface area (Å²) in [7, 11) is 0. The van der Waals surface area contributed by atoms with E-state index in [1.165, 1.54) is 4.70 Å². The minimum absolute atomic E-state index is 0.0438. The van der Waals surface area contributed by atoms with Crippen LogP contribution in [0.15, 0.2) is 42.6 Å². The molecular formula is C18H17ClN4OS. The van der Waals surface area contributed by atoms with Crippen LogP contribution in [0.3, 0.4) is 0 Å². The Kier molecular flexibility index (Phi) is 4.65. The highest BCUT2D eigenvalue weighted by atomic mass is 35.5. The molecular weight excluding hydrogens is 356 g/mol. The van der Waals surface area contributed by atoms with Gasteiger partial charge in [-0.05, 0) is 24.3 Å². The number of carbonyl (C=O) groups excluding carboxylic acids is 1. The molecule has 7 heteroatoms. The Hall–Kier alpha value is -2.02. The zero-order valence-electron chi connectivity index (χ0n) is 13.6. The first-order valence-electron chi connectivity index (χ1n) is 8.17. The van der Waals surface area contributed by atoms with Gasteiger partial charge < -0.3 is 4.90 Å². The molecule has 0 atom stereocenters. The molecule has 0 spiro atoms. The second-order valence-electron chi connectivity index (χ2n) is 5.99. The van der Waals surface area contributed by atoms with Gasteiger partial charge in [0, 0.05) is 32.4 Å². The van der Waals surface area contributed by atoms with Crippen molar-refractivity contribution < 1.29 is 4.79 Å². The van der Waals surface area contributed by atoms with Crippen LogP contribution in [0.1, 0.15) is 15.4 Å². The van der Waals surface area contributed by atoms with Gasteiger partial charge in [-0.15, -0.1) is 11.3 Å². The summed E-state index contributed by atoms with van der Waals surface area (Å²) in [6, 6.07) is 11.7. The number of para-hydroxylation sites is 1. The van der Waals surface area contributed by atoms with Crippen LogP contribution in [0.2, 0.25) is 5.15 Å². The van der Waals surface area contributed by atoms with E-state index in [2.05, 4.69) is 16.0 Å². The van der Waals surface area contributed by atoms with Crippen LogP contribution >= 0.6 is 22.9 Å². The number of hydrogen-bond donors (Lipinski definition) is 0. The Morgan fingerprint density at radius 2 is 1.92 bits per heavy atom. The van der Waals surface area contributed by atoms with E-state index in [1.807, 2.05) is 23.1 Å². The van der Waals surface area contributed by atoms with Gasteiger partial charge >= 0.3 is 0 Å². The zero-order valence-corrected chi connectivity index (χ0v) is 15.1. The van der Waals surface area contributed by atoms with Crippen LogP contribution in [-0.4, -0.2) is 51.9 Å². The van der Waals surface area contributed by atoms with Crippen molar-refractivity contribution >= 4 is 39.1 Å². The number of rotatable bonds is 3. The Balaban J connectivity index is 1.38. The first-order valence-corrected chi connectivity index (χ1v) is 9.37. The third-order valence-corrected chi connectivity index (χ3v) is 5.67. The molecule has 0 N–H and O–H groups in total. The summed E-state index contributed by atoms with van der Waals surface area (Å²) in [4.78, 5) is 25.4. The molecule has 1 aliphatic rings. The first kappa shape index (κ1) is 16.4. The molecule has 25 heavy (non-hydrogen) atoms. The average Bonchev–Trinajstić information content (AvgIpc) is 3.04. The lowest BCUT2D eigenvalue weighted by Gasteiger charge is -2.34. The van der Waals surface area contributed by atoms with Gasteiger partial charge in [0.1, 0.15) is 10.2 Å².